The van der Waals surface area contributed by atoms with Gasteiger partial charge in [0.25, 0.3) is 0 Å². The Morgan fingerprint density at radius 3 is 1.24 bits per heavy atom. The van der Waals surface area contributed by atoms with Crippen molar-refractivity contribution >= 4 is 5.78 Å². The normalized spacial score (nSPS) is 25.0. The molecule has 90 heavy (non-hydrogen) atoms. The van der Waals surface area contributed by atoms with Crippen LogP contribution in [0.4, 0.5) is 26.3 Å². The molecule has 0 aliphatic carbocycles. The number of halogens is 6. The number of hydrogen-bond acceptors (Lipinski definition) is 15. The summed E-state index contributed by atoms with van der Waals surface area (Å²) >= 11 is 0. The number of morpholine rings is 1. The summed E-state index contributed by atoms with van der Waals surface area (Å²) in [5, 5.41) is 43.2. The van der Waals surface area contributed by atoms with Crippen molar-refractivity contribution in [1.29, 1.82) is 0 Å². The molecule has 6 aromatic rings. The van der Waals surface area contributed by atoms with Gasteiger partial charge in [-0.3, -0.25) is 14.6 Å². The number of rotatable bonds is 14. The summed E-state index contributed by atoms with van der Waals surface area (Å²) < 4.78 is 122. The molecule has 7 heterocycles. The maximum absolute atomic E-state index is 13.5. The molecule has 1 fully saturated rings. The molecule has 15 nitrogen and oxygen atoms in total. The van der Waals surface area contributed by atoms with Gasteiger partial charge >= 0.3 is 0 Å². The number of ether oxygens (including phenoxy) is 7. The van der Waals surface area contributed by atoms with E-state index in [1.165, 1.54) is 72.8 Å². The topological polar surface area (TPSA) is 172 Å². The zero-order valence-electron chi connectivity index (χ0n) is 50.6. The lowest BCUT2D eigenvalue weighted by molar-refractivity contribution is -0.312. The van der Waals surface area contributed by atoms with Crippen LogP contribution >= 0.6 is 0 Å². The third kappa shape index (κ3) is 15.8. The van der Waals surface area contributed by atoms with Gasteiger partial charge in [-0.25, -0.2) is 26.3 Å². The van der Waals surface area contributed by atoms with Crippen molar-refractivity contribution in [2.75, 3.05) is 60.4 Å². The van der Waals surface area contributed by atoms with Crippen molar-refractivity contribution < 1.29 is 84.7 Å². The lowest BCUT2D eigenvalue weighted by atomic mass is 9.93. The minimum Gasteiger partial charge on any atom is -0.487 e. The minimum atomic E-state index is -1.50. The van der Waals surface area contributed by atoms with Crippen LogP contribution in [0.2, 0.25) is 0 Å². The van der Waals surface area contributed by atoms with Gasteiger partial charge in [0.15, 0.2) is 18.0 Å². The molecule has 13 rings (SSSR count). The third-order valence-corrected chi connectivity index (χ3v) is 17.8. The molecule has 11 atom stereocenters. The van der Waals surface area contributed by atoms with Crippen LogP contribution < -0.4 is 28.4 Å². The Hall–Kier alpha value is -6.95. The van der Waals surface area contributed by atoms with Crippen molar-refractivity contribution in [3.8, 4) is 34.5 Å². The molecule has 7 aliphatic rings. The predicted molar refractivity (Wildman–Crippen MR) is 320 cm³/mol. The van der Waals surface area contributed by atoms with Crippen LogP contribution in [0.3, 0.4) is 0 Å². The van der Waals surface area contributed by atoms with Crippen LogP contribution in [0.1, 0.15) is 71.9 Å². The lowest BCUT2D eigenvalue weighted by Gasteiger charge is -2.48. The highest BCUT2D eigenvalue weighted by Gasteiger charge is 2.50. The quantitative estimate of drug-likeness (QED) is 0.0763. The van der Waals surface area contributed by atoms with E-state index in [9.17, 15) is 51.6 Å². The molecule has 6 aromatic carbocycles. The molecule has 482 valence electrons. The molecule has 0 amide bonds. The maximum atomic E-state index is 13.5. The number of aryl methyl sites for hydroxylation is 6. The zero-order valence-corrected chi connectivity index (χ0v) is 50.6. The summed E-state index contributed by atoms with van der Waals surface area (Å²) in [6.07, 6.45) is 2.16. The number of ketones is 1. The van der Waals surface area contributed by atoms with Crippen LogP contribution in [-0.2, 0) is 48.1 Å². The molecule has 0 bridgehead atoms. The molecule has 0 radical (unpaired) electrons. The van der Waals surface area contributed by atoms with E-state index >= 15 is 0 Å². The summed E-state index contributed by atoms with van der Waals surface area (Å²) in [6.45, 7) is 1.96. The summed E-state index contributed by atoms with van der Waals surface area (Å²) in [6, 6.07) is 26.5. The molecule has 0 spiro atoms. The third-order valence-electron chi connectivity index (χ3n) is 17.8. The second-order valence-electron chi connectivity index (χ2n) is 24.9. The van der Waals surface area contributed by atoms with Crippen molar-refractivity contribution in [1.82, 2.24) is 14.7 Å². The summed E-state index contributed by atoms with van der Waals surface area (Å²) in [4.78, 5) is 18.3. The van der Waals surface area contributed by atoms with Gasteiger partial charge in [0.2, 0.25) is 5.79 Å². The number of hydrogen-bond donors (Lipinski definition) is 4. The number of Topliss-reactive ketones (excluding diaryl/α,β-unsaturated/α-hetero) is 1. The second-order valence-corrected chi connectivity index (χ2v) is 24.9. The van der Waals surface area contributed by atoms with E-state index < -0.39 is 42.4 Å². The van der Waals surface area contributed by atoms with E-state index in [2.05, 4.69) is 0 Å². The Morgan fingerprint density at radius 2 is 0.822 bits per heavy atom. The summed E-state index contributed by atoms with van der Waals surface area (Å²) in [7, 11) is 5.52. The zero-order chi connectivity index (χ0) is 63.4. The van der Waals surface area contributed by atoms with Crippen LogP contribution in [0.25, 0.3) is 0 Å². The highest BCUT2D eigenvalue weighted by atomic mass is 19.1. The van der Waals surface area contributed by atoms with E-state index in [0.29, 0.717) is 138 Å². The number of carbonyl (C=O) groups is 1. The Balaban J connectivity index is 0.000000139. The molecule has 7 aliphatic heterocycles. The van der Waals surface area contributed by atoms with Gasteiger partial charge in [0, 0.05) is 26.2 Å². The smallest absolute Gasteiger partial charge is 0.217 e. The Labute approximate surface area is 519 Å². The largest absolute Gasteiger partial charge is 0.487 e. The van der Waals surface area contributed by atoms with Crippen LogP contribution in [0.15, 0.2) is 109 Å². The SMILES string of the molecule is CN(CC(=O)C1CCc2cc(F)ccc2O1)C[C@H](O)[C@H]1CCc2cc(F)ccc2O1.CN(CC(O)C1CCc2cc(F)ccc2O1)C[C@H](O)[C@H]1CCc2cc(F)ccc2O1.CN1CC([C@H]2CCc3cc(F)ccc3O2)OC(O)([C@@H]2CCc3cc(F)ccc3O2)C1. The Morgan fingerprint density at radius 1 is 0.478 bits per heavy atom. The van der Waals surface area contributed by atoms with Crippen LogP contribution in [-0.4, -0.2) is 168 Å². The van der Waals surface area contributed by atoms with Crippen LogP contribution in [0, 0.1) is 34.9 Å². The van der Waals surface area contributed by atoms with Gasteiger partial charge in [-0.05, 0) is 241 Å². The maximum Gasteiger partial charge on any atom is 0.217 e. The van der Waals surface area contributed by atoms with E-state index in [0.717, 1.165) is 33.4 Å². The summed E-state index contributed by atoms with van der Waals surface area (Å²) in [5.74, 6) is 0.279. The molecule has 1 saturated heterocycles. The molecule has 5 unspecified atom stereocenters. The number of nitrogens with zero attached hydrogens (tertiary/aromatic N) is 3. The van der Waals surface area contributed by atoms with Crippen molar-refractivity contribution in [3.05, 3.63) is 177 Å². The predicted octanol–water partition coefficient (Wildman–Crippen LogP) is 8.69. The fourth-order valence-corrected chi connectivity index (χ4v) is 13.1. The van der Waals surface area contributed by atoms with Crippen molar-refractivity contribution in [3.63, 3.8) is 0 Å². The fraction of sp³-hybridized carbons (Fsp3) is 0.464. The molecule has 21 heteroatoms. The van der Waals surface area contributed by atoms with Gasteiger partial charge in [-0.2, -0.15) is 0 Å². The lowest BCUT2D eigenvalue weighted by Crippen LogP contribution is -2.64. The number of benzene rings is 6. The van der Waals surface area contributed by atoms with Crippen molar-refractivity contribution in [2.24, 2.45) is 0 Å². The first-order chi connectivity index (χ1) is 43.2. The standard InChI is InChI=1S/C23H25F2NO4.C23H27F2NO4.C23H25F2NO4/c1-26-12-21(20-6-2-14-10-16(24)4-7-18(14)28-20)30-23(27,13-26)22-9-3-15-11-17(25)5-8-19(15)29-22;2*1-26(12-18(27)22-6-2-14-10-16(24)4-8-20(14)29-22)13-19(28)23-7-3-15-11-17(25)5-9-21(15)30-23/h4-5,7-8,10-11,20-22,27H,2-3,6,9,12-13H2,1H3;4-5,8-11,18-19,22-23,27-28H,2-3,6-7,12-13H2,1H3;4-5,8-11,18,22-23,27H,2-3,6-7,12-13H2,1H3/t20-,21?,22+,23?;18-,19?,22+,23?;18-,22+,23?/m100/s1. The number of aliphatic hydroxyl groups excluding tert-OH is 3. The molecule has 0 aromatic heterocycles. The highest BCUT2D eigenvalue weighted by molar-refractivity contribution is 5.85. The first kappa shape index (κ1) is 64.6. The van der Waals surface area contributed by atoms with E-state index in [-0.39, 0.29) is 78.2 Å². The minimum absolute atomic E-state index is 0.0786. The van der Waals surface area contributed by atoms with Crippen LogP contribution in [0.5, 0.6) is 34.5 Å². The van der Waals surface area contributed by atoms with E-state index in [1.54, 1.807) is 48.3 Å². The average Bonchev–Trinajstić information content (AvgIpc) is 0.934. The Kier molecular flexibility index (Phi) is 20.3. The molecular weight excluding hydrogens is 1180 g/mol. The first-order valence-electron chi connectivity index (χ1n) is 30.9. The van der Waals surface area contributed by atoms with Gasteiger partial charge in [0.1, 0.15) is 118 Å². The average molecular weight is 1250 g/mol. The number of aliphatic hydroxyl groups is 4. The monoisotopic (exact) mass is 1250 g/mol. The molecule has 4 N–H and O–H groups in total. The van der Waals surface area contributed by atoms with Gasteiger partial charge in [-0.1, -0.05) is 0 Å². The molecular formula is C69H77F6N3O12. The number of likely N-dealkylation sites (N-methyl/N-ethyl adjacent to an activating group) is 3. The molecule has 0 saturated carbocycles. The van der Waals surface area contributed by atoms with Gasteiger partial charge in [-0.15, -0.1) is 0 Å². The number of carbonyl (C=O) groups excluding carboxylic acids is 1. The fourth-order valence-electron chi connectivity index (χ4n) is 13.1. The van der Waals surface area contributed by atoms with Gasteiger partial charge < -0.3 is 58.5 Å². The Bertz CT molecular complexity index is 3420. The highest BCUT2D eigenvalue weighted by Crippen LogP contribution is 2.39. The van der Waals surface area contributed by atoms with E-state index in [1.807, 2.05) is 23.9 Å². The van der Waals surface area contributed by atoms with E-state index in [4.69, 9.17) is 33.2 Å². The number of β-amino-alcohol motifs (C(OH)–C–C–N with tert-alkyl or cyclic N) is 1. The summed E-state index contributed by atoms with van der Waals surface area (Å²) in [5.41, 5.74) is 4.86. The number of fused-ring (bicyclic) bond motifs is 6. The first-order valence-corrected chi connectivity index (χ1v) is 30.9. The van der Waals surface area contributed by atoms with Crippen molar-refractivity contribution in [2.45, 2.75) is 144 Å². The van der Waals surface area contributed by atoms with Gasteiger partial charge in [0.05, 0.1) is 13.1 Å². The second kappa shape index (κ2) is 28.3.